The zero-order valence-electron chi connectivity index (χ0n) is 23.3. The highest BCUT2D eigenvalue weighted by molar-refractivity contribution is 7.90. The third-order valence-corrected chi connectivity index (χ3v) is 8.14. The van der Waals surface area contributed by atoms with E-state index in [-0.39, 0.29) is 24.2 Å². The fraction of sp³-hybridized carbons (Fsp3) is 0.419. The van der Waals surface area contributed by atoms with Crippen molar-refractivity contribution in [2.75, 3.05) is 25.2 Å². The highest BCUT2D eigenvalue weighted by Gasteiger charge is 2.28. The van der Waals surface area contributed by atoms with Crippen molar-refractivity contribution in [3.8, 4) is 17.4 Å². The molecule has 1 N–H and O–H groups in total. The van der Waals surface area contributed by atoms with Gasteiger partial charge in [-0.25, -0.2) is 13.4 Å². The molecule has 2 aromatic rings. The third kappa shape index (κ3) is 7.75. The molecule has 8 nitrogen and oxygen atoms in total. The van der Waals surface area contributed by atoms with Gasteiger partial charge in [-0.15, -0.1) is 0 Å². The molecule has 0 radical (unpaired) electrons. The lowest BCUT2D eigenvalue weighted by molar-refractivity contribution is -0.137. The van der Waals surface area contributed by atoms with Gasteiger partial charge in [-0.2, -0.15) is 0 Å². The maximum absolute atomic E-state index is 11.4. The van der Waals surface area contributed by atoms with Crippen molar-refractivity contribution in [2.45, 2.75) is 58.0 Å². The van der Waals surface area contributed by atoms with Crippen molar-refractivity contribution in [3.05, 3.63) is 77.0 Å². The van der Waals surface area contributed by atoms with Crippen LogP contribution in [0.3, 0.4) is 0 Å². The molecule has 0 amide bonds. The van der Waals surface area contributed by atoms with Crippen LogP contribution in [0.5, 0.6) is 17.4 Å². The molecule has 0 unspecified atom stereocenters. The number of fused-ring (bicyclic) bond motifs is 1. The molecule has 9 heteroatoms. The zero-order chi connectivity index (χ0) is 28.9. The molecule has 0 saturated carbocycles. The van der Waals surface area contributed by atoms with E-state index in [4.69, 9.17) is 19.3 Å². The Kier molecular flexibility index (Phi) is 9.35. The summed E-state index contributed by atoms with van der Waals surface area (Å²) in [5.41, 5.74) is 6.14. The quantitative estimate of drug-likeness (QED) is 0.370. The highest BCUT2D eigenvalue weighted by atomic mass is 32.2. The first-order chi connectivity index (χ1) is 19.0. The Balaban J connectivity index is 1.40. The molecule has 1 aromatic heterocycles. The minimum absolute atomic E-state index is 0.0137. The lowest BCUT2D eigenvalue weighted by Crippen LogP contribution is -2.16. The molecule has 2 aliphatic rings. The van der Waals surface area contributed by atoms with Crippen molar-refractivity contribution in [1.29, 1.82) is 0 Å². The monoisotopic (exact) mass is 567 g/mol. The lowest BCUT2D eigenvalue weighted by atomic mass is 9.89. The minimum atomic E-state index is -3.00. The zero-order valence-corrected chi connectivity index (χ0v) is 24.1. The molecule has 214 valence electrons. The summed E-state index contributed by atoms with van der Waals surface area (Å²) >= 11 is 0. The van der Waals surface area contributed by atoms with Gasteiger partial charge in [0.2, 0.25) is 5.88 Å². The van der Waals surface area contributed by atoms with E-state index in [1.807, 2.05) is 32.1 Å². The van der Waals surface area contributed by atoms with E-state index in [0.29, 0.717) is 37.7 Å². The van der Waals surface area contributed by atoms with Gasteiger partial charge in [0, 0.05) is 36.4 Å². The van der Waals surface area contributed by atoms with Crippen molar-refractivity contribution >= 4 is 21.4 Å². The standard InChI is InChI=1S/C31H37NO7S/c1-20-10-11-24(39-29-17-28-27(18-32-29)23(19-38-28)16-30(33)34)8-5-6-9-26(20)31-21(2)14-25(15-22(31)3)37-12-7-13-40(4,35)36/h5-6,9,14-15,17-18,23-24H,1,7-8,10-13,16,19H2,2-4H3,(H,33,34)/b6-5-,26-9?/t23-,24-/m1/s1. The summed E-state index contributed by atoms with van der Waals surface area (Å²) in [4.78, 5) is 15.5. The van der Waals surface area contributed by atoms with Crippen LogP contribution in [0.2, 0.25) is 0 Å². The summed E-state index contributed by atoms with van der Waals surface area (Å²) in [5, 5.41) is 9.12. The summed E-state index contributed by atoms with van der Waals surface area (Å²) in [6.45, 7) is 9.17. The second kappa shape index (κ2) is 12.7. The van der Waals surface area contributed by atoms with Crippen LogP contribution in [-0.4, -0.2) is 55.8 Å². The maximum atomic E-state index is 11.4. The summed E-state index contributed by atoms with van der Waals surface area (Å²) in [7, 11) is -3.00. The largest absolute Gasteiger partial charge is 0.494 e. The second-order valence-corrected chi connectivity index (χ2v) is 12.8. The molecule has 0 bridgehead atoms. The first-order valence-corrected chi connectivity index (χ1v) is 15.5. The first-order valence-electron chi connectivity index (χ1n) is 13.5. The van der Waals surface area contributed by atoms with E-state index in [9.17, 15) is 13.2 Å². The number of allylic oxidation sites excluding steroid dienone is 4. The van der Waals surface area contributed by atoms with Crippen LogP contribution in [0.15, 0.2) is 54.8 Å². The number of carbonyl (C=O) groups is 1. The number of benzene rings is 1. The minimum Gasteiger partial charge on any atom is -0.494 e. The molecule has 2 atom stereocenters. The number of aryl methyl sites for hydroxylation is 2. The number of hydrogen-bond acceptors (Lipinski definition) is 7. The van der Waals surface area contributed by atoms with Crippen LogP contribution in [0.25, 0.3) is 5.57 Å². The number of rotatable bonds is 10. The number of aromatic nitrogens is 1. The SMILES string of the molecule is C=C1CC[C@H](Oc2cc3c(cn2)[C@H](CC(=O)O)CO3)C/C=C\C=C1c1c(C)cc(OCCCS(C)(=O)=O)cc1C. The number of sulfone groups is 1. The molecule has 1 aliphatic heterocycles. The number of hydrogen-bond donors (Lipinski definition) is 1. The maximum Gasteiger partial charge on any atom is 0.304 e. The summed E-state index contributed by atoms with van der Waals surface area (Å²) in [5.74, 6) is 0.884. The Labute approximate surface area is 236 Å². The van der Waals surface area contributed by atoms with Crippen LogP contribution in [0, 0.1) is 13.8 Å². The summed E-state index contributed by atoms with van der Waals surface area (Å²) < 4.78 is 40.5. The van der Waals surface area contributed by atoms with Crippen LogP contribution in [0.4, 0.5) is 0 Å². The number of nitrogens with zero attached hydrogens (tertiary/aromatic N) is 1. The Morgan fingerprint density at radius 2 is 1.98 bits per heavy atom. The van der Waals surface area contributed by atoms with E-state index < -0.39 is 15.8 Å². The van der Waals surface area contributed by atoms with Gasteiger partial charge in [-0.1, -0.05) is 24.8 Å². The Bertz CT molecular complexity index is 1420. The molecule has 4 rings (SSSR count). The van der Waals surface area contributed by atoms with Gasteiger partial charge < -0.3 is 19.3 Å². The highest BCUT2D eigenvalue weighted by Crippen LogP contribution is 2.38. The molecule has 1 aliphatic carbocycles. The molecule has 2 heterocycles. The number of ether oxygens (including phenoxy) is 3. The van der Waals surface area contributed by atoms with Crippen LogP contribution >= 0.6 is 0 Å². The van der Waals surface area contributed by atoms with Crippen LogP contribution in [-0.2, 0) is 14.6 Å². The fourth-order valence-corrected chi connectivity index (χ4v) is 5.81. The van der Waals surface area contributed by atoms with E-state index in [2.05, 4.69) is 23.7 Å². The topological polar surface area (TPSA) is 112 Å². The predicted octanol–water partition coefficient (Wildman–Crippen LogP) is 5.59. The molecule has 1 aromatic carbocycles. The van der Waals surface area contributed by atoms with Gasteiger partial charge in [-0.05, 0) is 73.1 Å². The van der Waals surface area contributed by atoms with Crippen LogP contribution in [0.1, 0.15) is 60.3 Å². The number of carboxylic acids is 1. The number of pyridine rings is 1. The fourth-order valence-electron chi connectivity index (χ4n) is 5.17. The summed E-state index contributed by atoms with van der Waals surface area (Å²) in [6, 6.07) is 5.73. The van der Waals surface area contributed by atoms with Gasteiger partial charge in [0.05, 0.1) is 25.4 Å². The predicted molar refractivity (Wildman–Crippen MR) is 155 cm³/mol. The Morgan fingerprint density at radius 3 is 2.67 bits per heavy atom. The van der Waals surface area contributed by atoms with Crippen molar-refractivity contribution in [2.24, 2.45) is 0 Å². The molecular weight excluding hydrogens is 530 g/mol. The van der Waals surface area contributed by atoms with Gasteiger partial charge in [-0.3, -0.25) is 4.79 Å². The summed E-state index contributed by atoms with van der Waals surface area (Å²) in [6.07, 6.45) is 11.7. The van der Waals surface area contributed by atoms with Gasteiger partial charge >= 0.3 is 5.97 Å². The lowest BCUT2D eigenvalue weighted by Gasteiger charge is -2.20. The van der Waals surface area contributed by atoms with Gasteiger partial charge in [0.15, 0.2) is 0 Å². The smallest absolute Gasteiger partial charge is 0.304 e. The molecule has 0 fully saturated rings. The number of aliphatic carboxylic acids is 1. The molecule has 0 saturated heterocycles. The van der Waals surface area contributed by atoms with Gasteiger partial charge in [0.25, 0.3) is 0 Å². The molecular formula is C31H37NO7S. The van der Waals surface area contributed by atoms with E-state index in [1.165, 1.54) is 6.26 Å². The second-order valence-electron chi connectivity index (χ2n) is 10.6. The number of carboxylic acid groups (broad SMARTS) is 1. The average Bonchev–Trinajstić information content (AvgIpc) is 3.28. The molecule has 0 spiro atoms. The molecule has 40 heavy (non-hydrogen) atoms. The van der Waals surface area contributed by atoms with Gasteiger partial charge in [0.1, 0.15) is 27.4 Å². The van der Waals surface area contributed by atoms with Crippen molar-refractivity contribution < 1.29 is 32.5 Å². The first kappa shape index (κ1) is 29.4. The van der Waals surface area contributed by atoms with Crippen molar-refractivity contribution in [3.63, 3.8) is 0 Å². The Hall–Kier alpha value is -3.59. The van der Waals surface area contributed by atoms with E-state index in [0.717, 1.165) is 52.0 Å². The van der Waals surface area contributed by atoms with Crippen LogP contribution < -0.4 is 14.2 Å². The van der Waals surface area contributed by atoms with Crippen molar-refractivity contribution in [1.82, 2.24) is 4.98 Å². The van der Waals surface area contributed by atoms with E-state index >= 15 is 0 Å². The third-order valence-electron chi connectivity index (χ3n) is 7.11. The average molecular weight is 568 g/mol. The van der Waals surface area contributed by atoms with E-state index in [1.54, 1.807) is 12.3 Å². The Morgan fingerprint density at radius 1 is 1.23 bits per heavy atom. The normalized spacial score (nSPS) is 19.9.